The van der Waals surface area contributed by atoms with Gasteiger partial charge in [0.2, 0.25) is 0 Å². The van der Waals surface area contributed by atoms with Crippen LogP contribution in [0.4, 0.5) is 0 Å². The van der Waals surface area contributed by atoms with Gasteiger partial charge in [-0.25, -0.2) is 4.98 Å². The third-order valence-electron chi connectivity index (χ3n) is 3.38. The summed E-state index contributed by atoms with van der Waals surface area (Å²) in [7, 11) is 0. The first-order chi connectivity index (χ1) is 10.1. The molecule has 0 bridgehead atoms. The molecule has 0 aliphatic rings. The lowest BCUT2D eigenvalue weighted by atomic mass is 10.1. The van der Waals surface area contributed by atoms with Gasteiger partial charge in [0.1, 0.15) is 5.01 Å². The molecule has 1 heterocycles. The molecule has 3 aromatic rings. The van der Waals surface area contributed by atoms with E-state index in [-0.39, 0.29) is 5.91 Å². The highest BCUT2D eigenvalue weighted by Crippen LogP contribution is 2.21. The number of nitrogens with zero attached hydrogens (tertiary/aromatic N) is 1. The third-order valence-corrected chi connectivity index (χ3v) is 4.41. The Morgan fingerprint density at radius 3 is 2.81 bits per heavy atom. The molecule has 3 nitrogen and oxygen atoms in total. The summed E-state index contributed by atoms with van der Waals surface area (Å²) >= 11 is 1.62. The highest BCUT2D eigenvalue weighted by atomic mass is 32.1. The van der Waals surface area contributed by atoms with E-state index < -0.39 is 0 Å². The van der Waals surface area contributed by atoms with E-state index in [0.717, 1.165) is 31.9 Å². The first-order valence-electron chi connectivity index (χ1n) is 6.83. The normalized spacial score (nSPS) is 10.8. The van der Waals surface area contributed by atoms with Crippen molar-refractivity contribution in [1.82, 2.24) is 10.3 Å². The minimum Gasteiger partial charge on any atom is -0.346 e. The SMILES string of the molecule is Cc1ccc(C)c(C(=O)NCc2nc3ccccc3s2)c1. The van der Waals surface area contributed by atoms with Gasteiger partial charge in [-0.05, 0) is 37.6 Å². The van der Waals surface area contributed by atoms with Crippen molar-refractivity contribution in [2.45, 2.75) is 20.4 Å². The average molecular weight is 296 g/mol. The maximum Gasteiger partial charge on any atom is 0.251 e. The summed E-state index contributed by atoms with van der Waals surface area (Å²) in [5, 5.41) is 3.88. The van der Waals surface area contributed by atoms with Crippen LogP contribution in [0.15, 0.2) is 42.5 Å². The molecule has 0 unspecified atom stereocenters. The predicted molar refractivity (Wildman–Crippen MR) is 86.7 cm³/mol. The molecule has 0 saturated heterocycles. The smallest absolute Gasteiger partial charge is 0.251 e. The van der Waals surface area contributed by atoms with E-state index in [1.54, 1.807) is 11.3 Å². The standard InChI is InChI=1S/C17H16N2OS/c1-11-7-8-12(2)13(9-11)17(20)18-10-16-19-14-5-3-4-6-15(14)21-16/h3-9H,10H2,1-2H3,(H,18,20). The van der Waals surface area contributed by atoms with Gasteiger partial charge in [0.05, 0.1) is 16.8 Å². The molecule has 0 aliphatic carbocycles. The highest BCUT2D eigenvalue weighted by molar-refractivity contribution is 7.18. The van der Waals surface area contributed by atoms with Crippen LogP contribution in [0, 0.1) is 13.8 Å². The Morgan fingerprint density at radius 1 is 1.19 bits per heavy atom. The second-order valence-corrected chi connectivity index (χ2v) is 6.19. The minimum absolute atomic E-state index is 0.0459. The number of para-hydroxylation sites is 1. The number of carbonyl (C=O) groups excluding carboxylic acids is 1. The van der Waals surface area contributed by atoms with Gasteiger partial charge in [-0.2, -0.15) is 0 Å². The molecule has 3 rings (SSSR count). The molecule has 0 aliphatic heterocycles. The number of benzene rings is 2. The van der Waals surface area contributed by atoms with Crippen molar-refractivity contribution < 1.29 is 4.79 Å². The summed E-state index contributed by atoms with van der Waals surface area (Å²) in [6.45, 7) is 4.40. The Balaban J connectivity index is 1.74. The van der Waals surface area contributed by atoms with Crippen molar-refractivity contribution in [2.24, 2.45) is 0 Å². The summed E-state index contributed by atoms with van der Waals surface area (Å²) in [6, 6.07) is 13.9. The molecule has 4 heteroatoms. The van der Waals surface area contributed by atoms with E-state index in [4.69, 9.17) is 0 Å². The topological polar surface area (TPSA) is 42.0 Å². The van der Waals surface area contributed by atoms with Crippen LogP contribution in [0.1, 0.15) is 26.5 Å². The summed E-state index contributed by atoms with van der Waals surface area (Å²) in [5.41, 5.74) is 3.79. The van der Waals surface area contributed by atoms with Gasteiger partial charge in [-0.1, -0.05) is 29.8 Å². The molecular weight excluding hydrogens is 280 g/mol. The van der Waals surface area contributed by atoms with E-state index in [0.29, 0.717) is 6.54 Å². The first kappa shape index (κ1) is 13.8. The Labute approximate surface area is 127 Å². The van der Waals surface area contributed by atoms with Crippen molar-refractivity contribution in [3.8, 4) is 0 Å². The van der Waals surface area contributed by atoms with E-state index in [2.05, 4.69) is 10.3 Å². The van der Waals surface area contributed by atoms with Crippen LogP contribution in [-0.4, -0.2) is 10.9 Å². The lowest BCUT2D eigenvalue weighted by Crippen LogP contribution is -2.23. The van der Waals surface area contributed by atoms with Crippen molar-refractivity contribution in [3.05, 3.63) is 64.2 Å². The molecule has 0 saturated carbocycles. The van der Waals surface area contributed by atoms with Crippen LogP contribution in [0.2, 0.25) is 0 Å². The molecule has 1 N–H and O–H groups in total. The van der Waals surface area contributed by atoms with Gasteiger partial charge in [0.15, 0.2) is 0 Å². The number of aryl methyl sites for hydroxylation is 2. The molecule has 2 aromatic carbocycles. The van der Waals surface area contributed by atoms with Gasteiger partial charge < -0.3 is 5.32 Å². The maximum absolute atomic E-state index is 12.3. The van der Waals surface area contributed by atoms with E-state index >= 15 is 0 Å². The van der Waals surface area contributed by atoms with Crippen LogP contribution in [-0.2, 0) is 6.54 Å². The van der Waals surface area contributed by atoms with Gasteiger partial charge in [0.25, 0.3) is 5.91 Å². The number of aromatic nitrogens is 1. The van der Waals surface area contributed by atoms with Crippen molar-refractivity contribution in [3.63, 3.8) is 0 Å². The number of hydrogen-bond donors (Lipinski definition) is 1. The van der Waals surface area contributed by atoms with Gasteiger partial charge in [-0.3, -0.25) is 4.79 Å². The summed E-state index contributed by atoms with van der Waals surface area (Å²) in [6.07, 6.45) is 0. The zero-order valence-electron chi connectivity index (χ0n) is 12.0. The van der Waals surface area contributed by atoms with E-state index in [9.17, 15) is 4.79 Å². The zero-order chi connectivity index (χ0) is 14.8. The Hall–Kier alpha value is -2.20. The lowest BCUT2D eigenvalue weighted by Gasteiger charge is -2.07. The van der Waals surface area contributed by atoms with Crippen LogP contribution < -0.4 is 5.32 Å². The number of amides is 1. The summed E-state index contributed by atoms with van der Waals surface area (Å²) in [5.74, 6) is -0.0459. The first-order valence-corrected chi connectivity index (χ1v) is 7.65. The van der Waals surface area contributed by atoms with Crippen molar-refractivity contribution in [1.29, 1.82) is 0 Å². The Bertz CT molecular complexity index is 774. The average Bonchev–Trinajstić information content (AvgIpc) is 2.90. The Morgan fingerprint density at radius 2 is 2.00 bits per heavy atom. The van der Waals surface area contributed by atoms with Crippen LogP contribution in [0.25, 0.3) is 10.2 Å². The number of nitrogens with one attached hydrogen (secondary N) is 1. The molecule has 0 fully saturated rings. The molecule has 106 valence electrons. The van der Waals surface area contributed by atoms with Gasteiger partial charge in [0, 0.05) is 5.56 Å². The molecule has 0 atom stereocenters. The minimum atomic E-state index is -0.0459. The van der Waals surface area contributed by atoms with Crippen molar-refractivity contribution >= 4 is 27.5 Å². The second-order valence-electron chi connectivity index (χ2n) is 5.08. The third kappa shape index (κ3) is 2.95. The molecule has 0 spiro atoms. The highest BCUT2D eigenvalue weighted by Gasteiger charge is 2.10. The molecule has 1 amide bonds. The lowest BCUT2D eigenvalue weighted by molar-refractivity contribution is 0.0950. The summed E-state index contributed by atoms with van der Waals surface area (Å²) < 4.78 is 1.15. The second kappa shape index (κ2) is 5.66. The predicted octanol–water partition coefficient (Wildman–Crippen LogP) is 3.84. The van der Waals surface area contributed by atoms with E-state index in [1.807, 2.05) is 56.3 Å². The zero-order valence-corrected chi connectivity index (χ0v) is 12.8. The molecule has 0 radical (unpaired) electrons. The van der Waals surface area contributed by atoms with Gasteiger partial charge in [-0.15, -0.1) is 11.3 Å². The summed E-state index contributed by atoms with van der Waals surface area (Å²) in [4.78, 5) is 16.8. The fourth-order valence-corrected chi connectivity index (χ4v) is 3.13. The van der Waals surface area contributed by atoms with Crippen molar-refractivity contribution in [2.75, 3.05) is 0 Å². The van der Waals surface area contributed by atoms with Crippen LogP contribution in [0.5, 0.6) is 0 Å². The van der Waals surface area contributed by atoms with Crippen LogP contribution in [0.3, 0.4) is 0 Å². The fraction of sp³-hybridized carbons (Fsp3) is 0.176. The molecule has 1 aromatic heterocycles. The monoisotopic (exact) mass is 296 g/mol. The largest absolute Gasteiger partial charge is 0.346 e. The number of hydrogen-bond acceptors (Lipinski definition) is 3. The fourth-order valence-electron chi connectivity index (χ4n) is 2.23. The maximum atomic E-state index is 12.3. The van der Waals surface area contributed by atoms with Crippen LogP contribution >= 0.6 is 11.3 Å². The Kier molecular flexibility index (Phi) is 3.71. The quantitative estimate of drug-likeness (QED) is 0.798. The van der Waals surface area contributed by atoms with E-state index in [1.165, 1.54) is 0 Å². The van der Waals surface area contributed by atoms with Gasteiger partial charge >= 0.3 is 0 Å². The number of carbonyl (C=O) groups is 1. The molecule has 21 heavy (non-hydrogen) atoms. The number of thiazole rings is 1. The number of rotatable bonds is 3. The molecular formula is C17H16N2OS. The number of fused-ring (bicyclic) bond motifs is 1.